The Morgan fingerprint density at radius 1 is 0.842 bits per heavy atom. The molecule has 0 bridgehead atoms. The molecule has 100 valence electrons. The largest absolute Gasteiger partial charge is 1.00 e. The Labute approximate surface area is 140 Å². The van der Waals surface area contributed by atoms with Gasteiger partial charge in [-0.05, 0) is 0 Å². The van der Waals surface area contributed by atoms with E-state index in [0.717, 1.165) is 0 Å². The van der Waals surface area contributed by atoms with Crippen molar-refractivity contribution >= 4 is 0 Å². The summed E-state index contributed by atoms with van der Waals surface area (Å²) < 4.78 is 3.51. The fourth-order valence-corrected chi connectivity index (χ4v) is 7.27. The average molecular weight is 460 g/mol. The second-order valence-electron chi connectivity index (χ2n) is 4.21. The molecule has 19 heavy (non-hydrogen) atoms. The fraction of sp³-hybridized carbons (Fsp3) is 0.250. The first-order valence-electron chi connectivity index (χ1n) is 6.17. The zero-order valence-corrected chi connectivity index (χ0v) is 16.4. The van der Waals surface area contributed by atoms with Crippen molar-refractivity contribution in [1.29, 1.82) is 0 Å². The molecule has 0 fully saturated rings. The Kier molecular flexibility index (Phi) is 9.68. The zero-order chi connectivity index (χ0) is 12.1. The molecule has 0 nitrogen and oxygen atoms in total. The SMILES string of the molecule is CC=CC1=[C]([Hf+2][C]2=C(C=CC)C=CC2)CC=C1.[Cl-].[Cl-]. The summed E-state index contributed by atoms with van der Waals surface area (Å²) in [7, 11) is 0. The van der Waals surface area contributed by atoms with Gasteiger partial charge in [0, 0.05) is 0 Å². The van der Waals surface area contributed by atoms with Crippen molar-refractivity contribution in [2.45, 2.75) is 26.7 Å². The van der Waals surface area contributed by atoms with Gasteiger partial charge in [-0.25, -0.2) is 0 Å². The van der Waals surface area contributed by atoms with E-state index in [1.54, 1.807) is 6.66 Å². The molecule has 0 aliphatic heterocycles. The first kappa shape index (κ1) is 18.9. The van der Waals surface area contributed by atoms with E-state index in [9.17, 15) is 0 Å². The zero-order valence-electron chi connectivity index (χ0n) is 11.3. The molecule has 0 saturated carbocycles. The van der Waals surface area contributed by atoms with Gasteiger partial charge >= 0.3 is 116 Å². The van der Waals surface area contributed by atoms with E-state index in [0.29, 0.717) is 0 Å². The van der Waals surface area contributed by atoms with Crippen LogP contribution in [0.3, 0.4) is 0 Å². The molecule has 0 amide bonds. The summed E-state index contributed by atoms with van der Waals surface area (Å²) in [5, 5.41) is 0. The van der Waals surface area contributed by atoms with E-state index in [-0.39, 0.29) is 24.8 Å². The number of hydrogen-bond acceptors (Lipinski definition) is 0. The number of halogens is 2. The van der Waals surface area contributed by atoms with E-state index in [1.807, 2.05) is 0 Å². The van der Waals surface area contributed by atoms with Gasteiger partial charge < -0.3 is 24.8 Å². The third-order valence-corrected chi connectivity index (χ3v) is 8.64. The third-order valence-electron chi connectivity index (χ3n) is 2.93. The topological polar surface area (TPSA) is 0 Å². The predicted octanol–water partition coefficient (Wildman–Crippen LogP) is -1.34. The quantitative estimate of drug-likeness (QED) is 0.457. The van der Waals surface area contributed by atoms with Gasteiger partial charge in [0.2, 0.25) is 0 Å². The molecule has 0 atom stereocenters. The van der Waals surface area contributed by atoms with E-state index < -0.39 is 22.9 Å². The summed E-state index contributed by atoms with van der Waals surface area (Å²) in [6.07, 6.45) is 20.5. The van der Waals surface area contributed by atoms with Gasteiger partial charge in [0.05, 0.1) is 0 Å². The second-order valence-corrected chi connectivity index (χ2v) is 9.44. The van der Waals surface area contributed by atoms with Gasteiger partial charge in [-0.15, -0.1) is 0 Å². The van der Waals surface area contributed by atoms with Crippen LogP contribution in [0.4, 0.5) is 0 Å². The summed E-state index contributed by atoms with van der Waals surface area (Å²) in [6.45, 7) is 4.21. The third kappa shape index (κ3) is 5.06. The second kappa shape index (κ2) is 9.74. The molecule has 2 aliphatic rings. The molecular weight excluding hydrogens is 442 g/mol. The van der Waals surface area contributed by atoms with E-state index in [4.69, 9.17) is 0 Å². The standard InChI is InChI=1S/2C8H9.2ClH.Hf/c2*1-2-5-8-6-3-4-7-8;;;/h2*2-3,5-6H,4H2,1H3;2*1H;/q;;;;+2/p-2. The van der Waals surface area contributed by atoms with Crippen molar-refractivity contribution in [3.8, 4) is 0 Å². The average Bonchev–Trinajstić information content (AvgIpc) is 2.92. The van der Waals surface area contributed by atoms with E-state index in [1.165, 1.54) is 24.0 Å². The number of hydrogen-bond donors (Lipinski definition) is 0. The van der Waals surface area contributed by atoms with Crippen LogP contribution in [0.25, 0.3) is 0 Å². The van der Waals surface area contributed by atoms with Gasteiger partial charge in [-0.3, -0.25) is 0 Å². The molecule has 0 N–H and O–H groups in total. The molecule has 2 rings (SSSR count). The summed E-state index contributed by atoms with van der Waals surface area (Å²) in [4.78, 5) is 0. The van der Waals surface area contributed by atoms with Gasteiger partial charge in [0.15, 0.2) is 0 Å². The first-order chi connectivity index (χ1) is 8.35. The van der Waals surface area contributed by atoms with Crippen molar-refractivity contribution in [2.24, 2.45) is 0 Å². The smallest absolute Gasteiger partial charge is 1.00 e. The molecule has 0 heterocycles. The fourth-order valence-electron chi connectivity index (χ4n) is 2.14. The number of allylic oxidation sites excluding steroid dienone is 12. The first-order valence-corrected chi connectivity index (χ1v) is 9.76. The molecule has 0 aromatic heterocycles. The predicted molar refractivity (Wildman–Crippen MR) is 71.2 cm³/mol. The van der Waals surface area contributed by atoms with Gasteiger partial charge in [0.25, 0.3) is 0 Å². The minimum Gasteiger partial charge on any atom is -1.00 e. The maximum atomic E-state index is 2.32. The molecule has 0 saturated heterocycles. The van der Waals surface area contributed by atoms with Crippen LogP contribution in [0, 0.1) is 0 Å². The van der Waals surface area contributed by atoms with Gasteiger partial charge in [-0.1, -0.05) is 0 Å². The molecule has 2 aliphatic carbocycles. The Morgan fingerprint density at radius 3 is 1.63 bits per heavy atom. The molecule has 0 spiro atoms. The minimum atomic E-state index is -0.785. The normalized spacial score (nSPS) is 17.4. The van der Waals surface area contributed by atoms with Crippen molar-refractivity contribution in [3.05, 3.63) is 66.4 Å². The molecule has 0 unspecified atom stereocenters. The summed E-state index contributed by atoms with van der Waals surface area (Å²) in [5.74, 6) is 0. The van der Waals surface area contributed by atoms with Crippen LogP contribution in [0.5, 0.6) is 0 Å². The van der Waals surface area contributed by atoms with Crippen molar-refractivity contribution in [1.82, 2.24) is 0 Å². The van der Waals surface area contributed by atoms with E-state index in [2.05, 4.69) is 62.5 Å². The van der Waals surface area contributed by atoms with Crippen LogP contribution in [0.15, 0.2) is 66.4 Å². The maximum Gasteiger partial charge on any atom is -1.00 e. The van der Waals surface area contributed by atoms with Crippen LogP contribution in [-0.2, 0) is 22.9 Å². The molecule has 3 heteroatoms. The van der Waals surface area contributed by atoms with E-state index >= 15 is 0 Å². The van der Waals surface area contributed by atoms with Crippen LogP contribution >= 0.6 is 0 Å². The monoisotopic (exact) mass is 460 g/mol. The van der Waals surface area contributed by atoms with Gasteiger partial charge in [-0.2, -0.15) is 0 Å². The van der Waals surface area contributed by atoms with Crippen LogP contribution in [-0.4, -0.2) is 0 Å². The molecule has 0 aromatic carbocycles. The van der Waals surface area contributed by atoms with Crippen molar-refractivity contribution in [2.75, 3.05) is 0 Å². The Morgan fingerprint density at radius 2 is 1.26 bits per heavy atom. The Hall–Kier alpha value is -0.110. The van der Waals surface area contributed by atoms with Crippen molar-refractivity contribution < 1.29 is 47.7 Å². The Balaban J connectivity index is 0.00000162. The molecular formula is C16H18Cl2Hf. The summed E-state index contributed by atoms with van der Waals surface area (Å²) in [5.41, 5.74) is 2.99. The van der Waals surface area contributed by atoms with Gasteiger partial charge in [0.1, 0.15) is 0 Å². The van der Waals surface area contributed by atoms with Crippen LogP contribution in [0.1, 0.15) is 26.7 Å². The Bertz CT molecular complexity index is 433. The maximum absolute atomic E-state index is 2.32. The summed E-state index contributed by atoms with van der Waals surface area (Å²) in [6, 6.07) is 0. The van der Waals surface area contributed by atoms with Crippen LogP contribution in [0.2, 0.25) is 0 Å². The minimum absolute atomic E-state index is 0. The molecule has 0 aromatic rings. The van der Waals surface area contributed by atoms with Crippen LogP contribution < -0.4 is 24.8 Å². The number of rotatable bonds is 4. The summed E-state index contributed by atoms with van der Waals surface area (Å²) >= 11 is -0.785. The molecule has 0 radical (unpaired) electrons. The van der Waals surface area contributed by atoms with Crippen molar-refractivity contribution in [3.63, 3.8) is 0 Å².